The van der Waals surface area contributed by atoms with Crippen molar-refractivity contribution in [1.82, 2.24) is 4.31 Å². The van der Waals surface area contributed by atoms with Gasteiger partial charge in [-0.15, -0.1) is 0 Å². The first kappa shape index (κ1) is 18.0. The molecule has 0 amide bonds. The van der Waals surface area contributed by atoms with Crippen LogP contribution < -0.4 is 15.2 Å². The summed E-state index contributed by atoms with van der Waals surface area (Å²) in [6, 6.07) is 4.76. The van der Waals surface area contributed by atoms with Crippen molar-refractivity contribution in [3.05, 3.63) is 18.2 Å². The van der Waals surface area contributed by atoms with Crippen molar-refractivity contribution in [2.24, 2.45) is 11.7 Å². The van der Waals surface area contributed by atoms with Crippen molar-refractivity contribution in [3.8, 4) is 11.5 Å². The highest BCUT2D eigenvalue weighted by molar-refractivity contribution is 7.89. The molecule has 1 heterocycles. The minimum atomic E-state index is -3.54. The monoisotopic (exact) mass is 342 g/mol. The van der Waals surface area contributed by atoms with E-state index in [1.54, 1.807) is 18.2 Å². The van der Waals surface area contributed by atoms with E-state index in [4.69, 9.17) is 15.2 Å². The number of hydrogen-bond acceptors (Lipinski definition) is 5. The molecule has 2 N–H and O–H groups in total. The number of hydrogen-bond donors (Lipinski definition) is 1. The largest absolute Gasteiger partial charge is 0.490 e. The molecule has 1 aliphatic rings. The summed E-state index contributed by atoms with van der Waals surface area (Å²) >= 11 is 0. The van der Waals surface area contributed by atoms with Gasteiger partial charge < -0.3 is 15.2 Å². The highest BCUT2D eigenvalue weighted by Gasteiger charge is 2.34. The lowest BCUT2D eigenvalue weighted by Crippen LogP contribution is -2.33. The third-order valence-corrected chi connectivity index (χ3v) is 5.94. The first-order chi connectivity index (χ1) is 10.9. The number of nitrogens with zero attached hydrogens (tertiary/aromatic N) is 1. The van der Waals surface area contributed by atoms with Crippen molar-refractivity contribution < 1.29 is 17.9 Å². The van der Waals surface area contributed by atoms with Gasteiger partial charge in [-0.2, -0.15) is 4.31 Å². The number of benzene rings is 1. The third kappa shape index (κ3) is 3.97. The second kappa shape index (κ2) is 7.51. The second-order valence-corrected chi connectivity index (χ2v) is 7.68. The van der Waals surface area contributed by atoms with E-state index in [9.17, 15) is 8.42 Å². The van der Waals surface area contributed by atoms with E-state index in [0.717, 1.165) is 6.42 Å². The minimum Gasteiger partial charge on any atom is -0.490 e. The lowest BCUT2D eigenvalue weighted by Gasteiger charge is -2.19. The molecule has 0 spiro atoms. The summed E-state index contributed by atoms with van der Waals surface area (Å²) < 4.78 is 38.1. The Hall–Kier alpha value is -1.31. The van der Waals surface area contributed by atoms with E-state index >= 15 is 0 Å². The maximum Gasteiger partial charge on any atom is 0.243 e. The SMILES string of the molecule is CCOc1ccc(S(=O)(=O)N2CCC(C(C)N)C2)cc1OCC. The molecule has 2 rings (SSSR count). The molecule has 1 saturated heterocycles. The van der Waals surface area contributed by atoms with Crippen LogP contribution in [0, 0.1) is 5.92 Å². The molecule has 7 heteroatoms. The predicted molar refractivity (Wildman–Crippen MR) is 89.3 cm³/mol. The van der Waals surface area contributed by atoms with Gasteiger partial charge in [0.1, 0.15) is 0 Å². The van der Waals surface area contributed by atoms with Crippen LogP contribution in [0.2, 0.25) is 0 Å². The second-order valence-electron chi connectivity index (χ2n) is 5.75. The predicted octanol–water partition coefficient (Wildman–Crippen LogP) is 1.84. The quantitative estimate of drug-likeness (QED) is 0.818. The molecule has 1 fully saturated rings. The molecule has 2 atom stereocenters. The molecule has 23 heavy (non-hydrogen) atoms. The minimum absolute atomic E-state index is 0.00508. The topological polar surface area (TPSA) is 81.9 Å². The van der Waals surface area contributed by atoms with Crippen molar-refractivity contribution in [1.29, 1.82) is 0 Å². The molecule has 130 valence electrons. The van der Waals surface area contributed by atoms with Crippen molar-refractivity contribution in [2.45, 2.75) is 38.1 Å². The summed E-state index contributed by atoms with van der Waals surface area (Å²) in [6.45, 7) is 7.56. The number of nitrogens with two attached hydrogens (primary N) is 1. The summed E-state index contributed by atoms with van der Waals surface area (Å²) in [4.78, 5) is 0.231. The maximum atomic E-state index is 12.8. The van der Waals surface area contributed by atoms with Crippen LogP contribution >= 0.6 is 0 Å². The lowest BCUT2D eigenvalue weighted by atomic mass is 10.0. The summed E-state index contributed by atoms with van der Waals surface area (Å²) in [5.74, 6) is 1.22. The van der Waals surface area contributed by atoms with Crippen LogP contribution in [0.15, 0.2) is 23.1 Å². The van der Waals surface area contributed by atoms with Crippen LogP contribution in [-0.2, 0) is 10.0 Å². The van der Waals surface area contributed by atoms with Gasteiger partial charge in [0.25, 0.3) is 0 Å². The highest BCUT2D eigenvalue weighted by Crippen LogP contribution is 2.33. The number of rotatable bonds is 7. The third-order valence-electron chi connectivity index (χ3n) is 4.08. The zero-order valence-corrected chi connectivity index (χ0v) is 14.8. The Labute approximate surface area is 138 Å². The van der Waals surface area contributed by atoms with Gasteiger partial charge in [0.15, 0.2) is 11.5 Å². The van der Waals surface area contributed by atoms with Gasteiger partial charge in [0, 0.05) is 25.2 Å². The Morgan fingerprint density at radius 3 is 2.48 bits per heavy atom. The Morgan fingerprint density at radius 1 is 1.26 bits per heavy atom. The van der Waals surface area contributed by atoms with E-state index in [2.05, 4.69) is 0 Å². The van der Waals surface area contributed by atoms with E-state index in [1.807, 2.05) is 20.8 Å². The Kier molecular flexibility index (Phi) is 5.89. The van der Waals surface area contributed by atoms with E-state index in [-0.39, 0.29) is 16.9 Å². The average Bonchev–Trinajstić information content (AvgIpc) is 3.00. The van der Waals surface area contributed by atoms with Gasteiger partial charge in [0.2, 0.25) is 10.0 Å². The number of sulfonamides is 1. The molecular formula is C16H26N2O4S. The summed E-state index contributed by atoms with van der Waals surface area (Å²) in [5, 5.41) is 0. The molecule has 1 aliphatic heterocycles. The Morgan fingerprint density at radius 2 is 1.91 bits per heavy atom. The van der Waals surface area contributed by atoms with Crippen LogP contribution in [-0.4, -0.2) is 45.1 Å². The molecule has 2 unspecified atom stereocenters. The maximum absolute atomic E-state index is 12.8. The van der Waals surface area contributed by atoms with Crippen LogP contribution in [0.5, 0.6) is 11.5 Å². The van der Waals surface area contributed by atoms with Crippen LogP contribution in [0.25, 0.3) is 0 Å². The molecule has 0 saturated carbocycles. The molecule has 0 aromatic heterocycles. The summed E-state index contributed by atoms with van der Waals surface area (Å²) in [6.07, 6.45) is 0.798. The standard InChI is InChI=1S/C16H26N2O4S/c1-4-21-15-7-6-14(10-16(15)22-5-2)23(19,20)18-9-8-13(11-18)12(3)17/h6-7,10,12-13H,4-5,8-9,11,17H2,1-3H3. The lowest BCUT2D eigenvalue weighted by molar-refractivity contribution is 0.287. The van der Waals surface area contributed by atoms with Crippen molar-refractivity contribution in [2.75, 3.05) is 26.3 Å². The zero-order valence-electron chi connectivity index (χ0n) is 14.0. The highest BCUT2D eigenvalue weighted by atomic mass is 32.2. The first-order valence-corrected chi connectivity index (χ1v) is 9.49. The van der Waals surface area contributed by atoms with Gasteiger partial charge in [-0.1, -0.05) is 0 Å². The van der Waals surface area contributed by atoms with Gasteiger partial charge in [-0.25, -0.2) is 8.42 Å². The van der Waals surface area contributed by atoms with E-state index in [1.165, 1.54) is 4.31 Å². The zero-order chi connectivity index (χ0) is 17.0. The molecular weight excluding hydrogens is 316 g/mol. The first-order valence-electron chi connectivity index (χ1n) is 8.05. The van der Waals surface area contributed by atoms with Crippen LogP contribution in [0.4, 0.5) is 0 Å². The fourth-order valence-electron chi connectivity index (χ4n) is 2.74. The van der Waals surface area contributed by atoms with E-state index < -0.39 is 10.0 Å². The van der Waals surface area contributed by atoms with Crippen LogP contribution in [0.3, 0.4) is 0 Å². The van der Waals surface area contributed by atoms with Gasteiger partial charge in [0.05, 0.1) is 18.1 Å². The Bertz CT molecular complexity index is 631. The molecule has 0 aliphatic carbocycles. The molecule has 0 bridgehead atoms. The van der Waals surface area contributed by atoms with Gasteiger partial charge in [-0.05, 0) is 45.2 Å². The molecule has 1 aromatic rings. The smallest absolute Gasteiger partial charge is 0.243 e. The van der Waals surface area contributed by atoms with Gasteiger partial charge >= 0.3 is 0 Å². The van der Waals surface area contributed by atoms with Crippen molar-refractivity contribution >= 4 is 10.0 Å². The van der Waals surface area contributed by atoms with Crippen molar-refractivity contribution in [3.63, 3.8) is 0 Å². The molecule has 6 nitrogen and oxygen atoms in total. The normalized spacial score (nSPS) is 20.4. The average molecular weight is 342 g/mol. The fraction of sp³-hybridized carbons (Fsp3) is 0.625. The van der Waals surface area contributed by atoms with Crippen LogP contribution in [0.1, 0.15) is 27.2 Å². The van der Waals surface area contributed by atoms with E-state index in [0.29, 0.717) is 37.8 Å². The molecule has 0 radical (unpaired) electrons. The Balaban J connectivity index is 2.27. The number of ether oxygens (including phenoxy) is 2. The molecule has 1 aromatic carbocycles. The van der Waals surface area contributed by atoms with Gasteiger partial charge in [-0.3, -0.25) is 0 Å². The summed E-state index contributed by atoms with van der Waals surface area (Å²) in [7, 11) is -3.54. The fourth-order valence-corrected chi connectivity index (χ4v) is 4.27. The summed E-state index contributed by atoms with van der Waals surface area (Å²) in [5.41, 5.74) is 5.90.